The van der Waals surface area contributed by atoms with E-state index in [0.717, 1.165) is 5.56 Å². The molecule has 1 aromatic carbocycles. The quantitative estimate of drug-likeness (QED) is 0.751. The molecule has 0 bridgehead atoms. The zero-order chi connectivity index (χ0) is 10.7. The number of hydrogen-bond acceptors (Lipinski definition) is 4. The van der Waals surface area contributed by atoms with Gasteiger partial charge in [0.2, 0.25) is 0 Å². The zero-order valence-corrected chi connectivity index (χ0v) is 7.88. The van der Waals surface area contributed by atoms with Crippen molar-refractivity contribution in [3.05, 3.63) is 42.2 Å². The van der Waals surface area contributed by atoms with Crippen LogP contribution in [-0.4, -0.2) is 9.97 Å². The van der Waals surface area contributed by atoms with E-state index in [1.54, 1.807) is 18.3 Å². The van der Waals surface area contributed by atoms with Crippen LogP contribution in [-0.2, 0) is 0 Å². The molecule has 0 saturated heterocycles. The maximum absolute atomic E-state index is 8.65. The second-order valence-electron chi connectivity index (χ2n) is 3.02. The Balaban J connectivity index is 2.42. The molecule has 0 aliphatic rings. The fraction of sp³-hybridized carbons (Fsp3) is 0. The minimum atomic E-state index is 0.386. The fourth-order valence-corrected chi connectivity index (χ4v) is 1.24. The molecule has 0 radical (unpaired) electrons. The number of aromatic nitrogens is 2. The van der Waals surface area contributed by atoms with E-state index in [0.29, 0.717) is 17.1 Å². The lowest BCUT2D eigenvalue weighted by atomic mass is 10.1. The van der Waals surface area contributed by atoms with E-state index in [9.17, 15) is 0 Å². The third-order valence-corrected chi connectivity index (χ3v) is 1.96. The Labute approximate surface area is 87.0 Å². The summed E-state index contributed by atoms with van der Waals surface area (Å²) in [7, 11) is 0. The number of benzene rings is 1. The molecule has 4 heteroatoms. The van der Waals surface area contributed by atoms with Crippen LogP contribution >= 0.6 is 0 Å². The first-order valence-electron chi connectivity index (χ1n) is 4.37. The van der Waals surface area contributed by atoms with Gasteiger partial charge in [0.05, 0.1) is 29.7 Å². The van der Waals surface area contributed by atoms with Gasteiger partial charge in [0.15, 0.2) is 0 Å². The predicted octanol–water partition coefficient (Wildman–Crippen LogP) is 1.60. The molecule has 0 aliphatic heterocycles. The molecule has 1 aromatic heterocycles. The number of nitrogens with two attached hydrogens (primary N) is 1. The van der Waals surface area contributed by atoms with Crippen molar-refractivity contribution in [1.82, 2.24) is 9.97 Å². The van der Waals surface area contributed by atoms with Crippen molar-refractivity contribution >= 4 is 5.82 Å². The normalized spacial score (nSPS) is 9.53. The molecule has 1 heterocycles. The maximum Gasteiger partial charge on any atom is 0.142 e. The Morgan fingerprint density at radius 2 is 1.87 bits per heavy atom. The highest BCUT2D eigenvalue weighted by molar-refractivity contribution is 5.60. The molecular formula is C11H8N4. The molecule has 72 valence electrons. The van der Waals surface area contributed by atoms with Crippen LogP contribution < -0.4 is 5.73 Å². The maximum atomic E-state index is 8.65. The summed E-state index contributed by atoms with van der Waals surface area (Å²) in [6, 6.07) is 9.17. The first-order chi connectivity index (χ1) is 7.29. The van der Waals surface area contributed by atoms with Gasteiger partial charge in [-0.25, -0.2) is 4.98 Å². The molecule has 2 N–H and O–H groups in total. The zero-order valence-electron chi connectivity index (χ0n) is 7.88. The van der Waals surface area contributed by atoms with Crippen LogP contribution in [0.25, 0.3) is 11.3 Å². The molecule has 0 aliphatic carbocycles. The van der Waals surface area contributed by atoms with E-state index in [1.807, 2.05) is 12.1 Å². The molecule has 0 saturated carbocycles. The second kappa shape index (κ2) is 3.76. The molecule has 0 unspecified atom stereocenters. The monoisotopic (exact) mass is 196 g/mol. The smallest absolute Gasteiger partial charge is 0.142 e. The van der Waals surface area contributed by atoms with Crippen molar-refractivity contribution in [3.63, 3.8) is 0 Å². The molecule has 15 heavy (non-hydrogen) atoms. The van der Waals surface area contributed by atoms with Crippen LogP contribution in [0.1, 0.15) is 5.56 Å². The van der Waals surface area contributed by atoms with E-state index in [1.165, 1.54) is 6.20 Å². The highest BCUT2D eigenvalue weighted by Crippen LogP contribution is 2.16. The molecule has 4 nitrogen and oxygen atoms in total. The summed E-state index contributed by atoms with van der Waals surface area (Å²) in [5.74, 6) is 0.386. The van der Waals surface area contributed by atoms with Crippen molar-refractivity contribution in [1.29, 1.82) is 5.26 Å². The van der Waals surface area contributed by atoms with Gasteiger partial charge in [-0.2, -0.15) is 5.26 Å². The minimum absolute atomic E-state index is 0.386. The Morgan fingerprint density at radius 1 is 1.13 bits per heavy atom. The first kappa shape index (κ1) is 9.16. The average molecular weight is 196 g/mol. The van der Waals surface area contributed by atoms with Gasteiger partial charge >= 0.3 is 0 Å². The number of anilines is 1. The fourth-order valence-electron chi connectivity index (χ4n) is 1.24. The lowest BCUT2D eigenvalue weighted by molar-refractivity contribution is 1.21. The molecule has 2 rings (SSSR count). The number of nitriles is 1. The van der Waals surface area contributed by atoms with Crippen LogP contribution in [0.4, 0.5) is 5.82 Å². The van der Waals surface area contributed by atoms with Crippen molar-refractivity contribution in [2.75, 3.05) is 5.73 Å². The summed E-state index contributed by atoms with van der Waals surface area (Å²) in [5.41, 5.74) is 7.75. The standard InChI is InChI=1S/C11H8N4/c12-5-8-1-3-9(4-2-8)10-6-14-7-11(13)15-10/h1-4,6-7H,(H2,13,15). The lowest BCUT2D eigenvalue weighted by Gasteiger charge is -2.00. The highest BCUT2D eigenvalue weighted by atomic mass is 14.9. The molecule has 0 amide bonds. The van der Waals surface area contributed by atoms with E-state index in [-0.39, 0.29) is 0 Å². The van der Waals surface area contributed by atoms with Gasteiger partial charge in [0.1, 0.15) is 5.82 Å². The van der Waals surface area contributed by atoms with Gasteiger partial charge < -0.3 is 5.73 Å². The summed E-state index contributed by atoms with van der Waals surface area (Å²) in [4.78, 5) is 8.08. The Kier molecular flexibility index (Phi) is 2.30. The van der Waals surface area contributed by atoms with Crippen LogP contribution in [0.15, 0.2) is 36.7 Å². The van der Waals surface area contributed by atoms with Gasteiger partial charge in [0.25, 0.3) is 0 Å². The second-order valence-corrected chi connectivity index (χ2v) is 3.02. The van der Waals surface area contributed by atoms with Crippen molar-refractivity contribution in [3.8, 4) is 17.3 Å². The van der Waals surface area contributed by atoms with E-state index in [4.69, 9.17) is 11.0 Å². The van der Waals surface area contributed by atoms with Gasteiger partial charge in [-0.15, -0.1) is 0 Å². The van der Waals surface area contributed by atoms with E-state index < -0.39 is 0 Å². The Morgan fingerprint density at radius 3 is 2.47 bits per heavy atom. The molecule has 2 aromatic rings. The molecular weight excluding hydrogens is 188 g/mol. The number of rotatable bonds is 1. The van der Waals surface area contributed by atoms with Crippen LogP contribution in [0.5, 0.6) is 0 Å². The molecule has 0 atom stereocenters. The van der Waals surface area contributed by atoms with Crippen molar-refractivity contribution in [2.24, 2.45) is 0 Å². The van der Waals surface area contributed by atoms with Gasteiger partial charge in [0, 0.05) is 5.56 Å². The topological polar surface area (TPSA) is 75.6 Å². The lowest BCUT2D eigenvalue weighted by Crippen LogP contribution is -1.93. The Bertz CT molecular complexity index is 511. The van der Waals surface area contributed by atoms with E-state index >= 15 is 0 Å². The third-order valence-electron chi connectivity index (χ3n) is 1.96. The first-order valence-corrected chi connectivity index (χ1v) is 4.37. The van der Waals surface area contributed by atoms with Gasteiger partial charge in [-0.05, 0) is 12.1 Å². The average Bonchev–Trinajstić information content (AvgIpc) is 2.29. The summed E-state index contributed by atoms with van der Waals surface area (Å²) >= 11 is 0. The van der Waals surface area contributed by atoms with E-state index in [2.05, 4.69) is 16.0 Å². The third kappa shape index (κ3) is 1.92. The summed E-state index contributed by atoms with van der Waals surface area (Å²) < 4.78 is 0. The van der Waals surface area contributed by atoms with Crippen LogP contribution in [0.3, 0.4) is 0 Å². The van der Waals surface area contributed by atoms with Crippen LogP contribution in [0, 0.1) is 11.3 Å². The largest absolute Gasteiger partial charge is 0.382 e. The SMILES string of the molecule is N#Cc1ccc(-c2cncc(N)n2)cc1. The number of hydrogen-bond donors (Lipinski definition) is 1. The van der Waals surface area contributed by atoms with Crippen molar-refractivity contribution in [2.45, 2.75) is 0 Å². The number of nitrogens with zero attached hydrogens (tertiary/aromatic N) is 3. The molecule has 0 fully saturated rings. The molecule has 0 spiro atoms. The summed E-state index contributed by atoms with van der Waals surface area (Å²) in [6.07, 6.45) is 3.13. The van der Waals surface area contributed by atoms with Gasteiger partial charge in [-0.3, -0.25) is 4.98 Å². The summed E-state index contributed by atoms with van der Waals surface area (Å²) in [6.45, 7) is 0. The van der Waals surface area contributed by atoms with Gasteiger partial charge in [-0.1, -0.05) is 12.1 Å². The minimum Gasteiger partial charge on any atom is -0.382 e. The Hall–Kier alpha value is -2.41. The number of nitrogen functional groups attached to an aromatic ring is 1. The summed E-state index contributed by atoms with van der Waals surface area (Å²) in [5, 5.41) is 8.65. The van der Waals surface area contributed by atoms with Crippen molar-refractivity contribution < 1.29 is 0 Å². The highest BCUT2D eigenvalue weighted by Gasteiger charge is 2.00. The predicted molar refractivity (Wildman–Crippen MR) is 56.6 cm³/mol. The van der Waals surface area contributed by atoms with Crippen LogP contribution in [0.2, 0.25) is 0 Å².